The highest BCUT2D eigenvalue weighted by atomic mass is 79.9. The number of ether oxygens (including phenoxy) is 1. The molecule has 0 aliphatic heterocycles. The van der Waals surface area contributed by atoms with Crippen molar-refractivity contribution in [2.45, 2.75) is 38.1 Å². The molecule has 110 valence electrons. The van der Waals surface area contributed by atoms with Gasteiger partial charge in [-0.3, -0.25) is 0 Å². The maximum Gasteiger partial charge on any atom is 0.331 e. The van der Waals surface area contributed by atoms with Gasteiger partial charge in [-0.05, 0) is 53.4 Å². The van der Waals surface area contributed by atoms with Gasteiger partial charge in [0.1, 0.15) is 5.54 Å². The van der Waals surface area contributed by atoms with E-state index in [1.807, 2.05) is 19.1 Å². The van der Waals surface area contributed by atoms with Crippen LogP contribution in [0.25, 0.3) is 0 Å². The Bertz CT molecular complexity index is 505. The summed E-state index contributed by atoms with van der Waals surface area (Å²) >= 11 is 9.39. The van der Waals surface area contributed by atoms with E-state index >= 15 is 0 Å². The molecule has 1 saturated carbocycles. The first-order valence-corrected chi connectivity index (χ1v) is 7.93. The number of rotatable bonds is 5. The van der Waals surface area contributed by atoms with Crippen molar-refractivity contribution in [1.82, 2.24) is 0 Å². The predicted molar refractivity (Wildman–Crippen MR) is 85.2 cm³/mol. The fourth-order valence-corrected chi connectivity index (χ4v) is 3.07. The minimum Gasteiger partial charge on any atom is -0.467 e. The second-order valence-corrected chi connectivity index (χ2v) is 6.84. The average Bonchev–Trinajstić information content (AvgIpc) is 2.37. The molecule has 0 heterocycles. The molecule has 0 spiro atoms. The molecule has 1 unspecified atom stereocenters. The van der Waals surface area contributed by atoms with Crippen molar-refractivity contribution in [3.05, 3.63) is 27.7 Å². The smallest absolute Gasteiger partial charge is 0.331 e. The second kappa shape index (κ2) is 6.35. The summed E-state index contributed by atoms with van der Waals surface area (Å²) in [6, 6.07) is 5.55. The van der Waals surface area contributed by atoms with E-state index in [0.717, 1.165) is 16.6 Å². The number of carbonyl (C=O) groups excluding carboxylic acids is 1. The Morgan fingerprint density at radius 1 is 1.55 bits per heavy atom. The fourth-order valence-electron chi connectivity index (χ4n) is 2.58. The molecular formula is C15H19BrClNO2. The normalized spacial score (nSPS) is 18.0. The van der Waals surface area contributed by atoms with Crippen LogP contribution in [0, 0.1) is 5.92 Å². The number of carbonyl (C=O) groups is 1. The van der Waals surface area contributed by atoms with Crippen LogP contribution in [-0.4, -0.2) is 18.6 Å². The third-order valence-electron chi connectivity index (χ3n) is 3.90. The minimum atomic E-state index is -0.701. The second-order valence-electron chi connectivity index (χ2n) is 5.58. The number of hydrogen-bond acceptors (Lipinski definition) is 3. The van der Waals surface area contributed by atoms with Crippen LogP contribution in [0.5, 0.6) is 0 Å². The van der Waals surface area contributed by atoms with Crippen molar-refractivity contribution in [2.24, 2.45) is 5.92 Å². The summed E-state index contributed by atoms with van der Waals surface area (Å²) in [5, 5.41) is 3.96. The average molecular weight is 361 g/mol. The number of halogens is 2. The molecule has 0 saturated heterocycles. The molecule has 1 fully saturated rings. The SMILES string of the molecule is COC(=O)C(C)(CC1CCC1)Nc1ccc(Cl)c(Br)c1. The molecule has 1 atom stereocenters. The number of methoxy groups -OCH3 is 1. The molecule has 2 rings (SSSR count). The van der Waals surface area contributed by atoms with Crippen LogP contribution in [0.3, 0.4) is 0 Å². The van der Waals surface area contributed by atoms with Crippen molar-refractivity contribution >= 4 is 39.2 Å². The Kier molecular flexibility index (Phi) is 4.97. The first-order chi connectivity index (χ1) is 9.44. The van der Waals surface area contributed by atoms with E-state index in [1.54, 1.807) is 6.07 Å². The lowest BCUT2D eigenvalue weighted by molar-refractivity contribution is -0.146. The Labute approximate surface area is 133 Å². The Morgan fingerprint density at radius 2 is 2.25 bits per heavy atom. The van der Waals surface area contributed by atoms with Crippen molar-refractivity contribution < 1.29 is 9.53 Å². The monoisotopic (exact) mass is 359 g/mol. The number of esters is 1. The maximum absolute atomic E-state index is 12.1. The lowest BCUT2D eigenvalue weighted by atomic mass is 9.76. The molecule has 0 radical (unpaired) electrons. The highest BCUT2D eigenvalue weighted by Crippen LogP contribution is 2.36. The van der Waals surface area contributed by atoms with E-state index in [-0.39, 0.29) is 5.97 Å². The van der Waals surface area contributed by atoms with Gasteiger partial charge in [-0.25, -0.2) is 4.79 Å². The molecule has 1 aromatic carbocycles. The van der Waals surface area contributed by atoms with Gasteiger partial charge in [0, 0.05) is 10.2 Å². The Hall–Kier alpha value is -0.740. The minimum absolute atomic E-state index is 0.226. The molecule has 0 bridgehead atoms. The van der Waals surface area contributed by atoms with Gasteiger partial charge in [0.2, 0.25) is 0 Å². The van der Waals surface area contributed by atoms with E-state index in [2.05, 4.69) is 21.2 Å². The Morgan fingerprint density at radius 3 is 2.75 bits per heavy atom. The molecule has 1 aliphatic rings. The van der Waals surface area contributed by atoms with Crippen LogP contribution >= 0.6 is 27.5 Å². The van der Waals surface area contributed by atoms with Gasteiger partial charge in [0.15, 0.2) is 0 Å². The van der Waals surface area contributed by atoms with Gasteiger partial charge in [-0.2, -0.15) is 0 Å². The van der Waals surface area contributed by atoms with Gasteiger partial charge in [0.05, 0.1) is 12.1 Å². The van der Waals surface area contributed by atoms with Crippen LogP contribution < -0.4 is 5.32 Å². The summed E-state index contributed by atoms with van der Waals surface area (Å²) in [7, 11) is 1.43. The van der Waals surface area contributed by atoms with Crippen molar-refractivity contribution in [2.75, 3.05) is 12.4 Å². The predicted octanol–water partition coefficient (Wildman–Crippen LogP) is 4.64. The van der Waals surface area contributed by atoms with Gasteiger partial charge in [0.25, 0.3) is 0 Å². The maximum atomic E-state index is 12.1. The summed E-state index contributed by atoms with van der Waals surface area (Å²) in [5.41, 5.74) is 0.154. The quantitative estimate of drug-likeness (QED) is 0.778. The molecule has 1 aromatic rings. The topological polar surface area (TPSA) is 38.3 Å². The molecular weight excluding hydrogens is 342 g/mol. The van der Waals surface area contributed by atoms with E-state index in [1.165, 1.54) is 26.4 Å². The lowest BCUT2D eigenvalue weighted by Crippen LogP contribution is -2.46. The molecule has 1 N–H and O–H groups in total. The molecule has 0 aromatic heterocycles. The van der Waals surface area contributed by atoms with Gasteiger partial charge < -0.3 is 10.1 Å². The zero-order valence-electron chi connectivity index (χ0n) is 11.7. The number of hydrogen-bond donors (Lipinski definition) is 1. The third kappa shape index (κ3) is 3.47. The largest absolute Gasteiger partial charge is 0.467 e. The summed E-state index contributed by atoms with van der Waals surface area (Å²) in [4.78, 5) is 12.1. The van der Waals surface area contributed by atoms with Crippen molar-refractivity contribution in [3.63, 3.8) is 0 Å². The van der Waals surface area contributed by atoms with Crippen LogP contribution in [-0.2, 0) is 9.53 Å². The highest BCUT2D eigenvalue weighted by molar-refractivity contribution is 9.10. The summed E-state index contributed by atoms with van der Waals surface area (Å²) < 4.78 is 5.78. The first-order valence-electron chi connectivity index (χ1n) is 6.76. The van der Waals surface area contributed by atoms with Crippen LogP contribution in [0.4, 0.5) is 5.69 Å². The van der Waals surface area contributed by atoms with Crippen LogP contribution in [0.15, 0.2) is 22.7 Å². The molecule has 1 aliphatic carbocycles. The first kappa shape index (κ1) is 15.6. The van der Waals surface area contributed by atoms with Crippen LogP contribution in [0.2, 0.25) is 5.02 Å². The van der Waals surface area contributed by atoms with Gasteiger partial charge in [-0.1, -0.05) is 30.9 Å². The van der Waals surface area contributed by atoms with E-state index < -0.39 is 5.54 Å². The van der Waals surface area contributed by atoms with Crippen molar-refractivity contribution in [1.29, 1.82) is 0 Å². The Balaban J connectivity index is 2.17. The van der Waals surface area contributed by atoms with E-state index in [4.69, 9.17) is 16.3 Å². The fraction of sp³-hybridized carbons (Fsp3) is 0.533. The standard InChI is InChI=1S/C15H19BrClNO2/c1-15(14(19)20-2,9-10-4-3-5-10)18-11-6-7-13(17)12(16)8-11/h6-8,10,18H,3-5,9H2,1-2H3. The van der Waals surface area contributed by atoms with E-state index in [0.29, 0.717) is 10.9 Å². The number of anilines is 1. The molecule has 5 heteroatoms. The lowest BCUT2D eigenvalue weighted by Gasteiger charge is -2.36. The molecule has 0 amide bonds. The number of nitrogens with one attached hydrogen (secondary N) is 1. The summed E-state index contributed by atoms with van der Waals surface area (Å²) in [5.74, 6) is 0.373. The number of benzene rings is 1. The zero-order valence-corrected chi connectivity index (χ0v) is 14.1. The summed E-state index contributed by atoms with van der Waals surface area (Å²) in [6.45, 7) is 1.90. The van der Waals surface area contributed by atoms with Gasteiger partial charge >= 0.3 is 5.97 Å². The van der Waals surface area contributed by atoms with Crippen molar-refractivity contribution in [3.8, 4) is 0 Å². The van der Waals surface area contributed by atoms with Gasteiger partial charge in [-0.15, -0.1) is 0 Å². The highest BCUT2D eigenvalue weighted by Gasteiger charge is 2.38. The zero-order chi connectivity index (χ0) is 14.8. The summed E-state index contributed by atoms with van der Waals surface area (Å²) in [6.07, 6.45) is 4.44. The van der Waals surface area contributed by atoms with Crippen LogP contribution in [0.1, 0.15) is 32.6 Å². The molecule has 20 heavy (non-hydrogen) atoms. The third-order valence-corrected chi connectivity index (χ3v) is 5.11. The molecule has 3 nitrogen and oxygen atoms in total. The van der Waals surface area contributed by atoms with E-state index in [9.17, 15) is 4.79 Å².